The van der Waals surface area contributed by atoms with Gasteiger partial charge < -0.3 is 10.2 Å². The molecule has 1 amide bonds. The molecule has 1 aliphatic heterocycles. The summed E-state index contributed by atoms with van der Waals surface area (Å²) in [5, 5.41) is 3.24. The fourth-order valence-corrected chi connectivity index (χ4v) is 1.81. The van der Waals surface area contributed by atoms with Crippen LogP contribution in [-0.2, 0) is 4.79 Å². The summed E-state index contributed by atoms with van der Waals surface area (Å²) in [5.74, 6) is 0.260. The second-order valence-electron chi connectivity index (χ2n) is 4.27. The van der Waals surface area contributed by atoms with Gasteiger partial charge in [0.15, 0.2) is 0 Å². The van der Waals surface area contributed by atoms with Crippen LogP contribution in [0.3, 0.4) is 0 Å². The molecule has 1 aliphatic rings. The Hall–Kier alpha value is -0.570. The third kappa shape index (κ3) is 2.98. The Morgan fingerprint density at radius 3 is 2.86 bits per heavy atom. The fourth-order valence-electron chi connectivity index (χ4n) is 1.81. The van der Waals surface area contributed by atoms with E-state index < -0.39 is 0 Å². The molecule has 0 radical (unpaired) electrons. The number of carbonyl (C=O) groups excluding carboxylic acids is 1. The van der Waals surface area contributed by atoms with Gasteiger partial charge in [0.1, 0.15) is 0 Å². The van der Waals surface area contributed by atoms with E-state index >= 15 is 0 Å². The maximum atomic E-state index is 11.7. The van der Waals surface area contributed by atoms with Crippen LogP contribution < -0.4 is 5.32 Å². The van der Waals surface area contributed by atoms with Crippen LogP contribution in [0, 0.1) is 0 Å². The highest BCUT2D eigenvalue weighted by Gasteiger charge is 2.24. The Bertz CT molecular complexity index is 194. The van der Waals surface area contributed by atoms with Crippen molar-refractivity contribution in [3.63, 3.8) is 0 Å². The van der Waals surface area contributed by atoms with Crippen LogP contribution in [0.2, 0.25) is 0 Å². The molecule has 1 rings (SSSR count). The van der Waals surface area contributed by atoms with Crippen LogP contribution in [-0.4, -0.2) is 36.0 Å². The Morgan fingerprint density at radius 2 is 2.36 bits per heavy atom. The van der Waals surface area contributed by atoms with Gasteiger partial charge in [-0.15, -0.1) is 0 Å². The van der Waals surface area contributed by atoms with Crippen molar-refractivity contribution in [2.75, 3.05) is 13.1 Å². The third-order valence-corrected chi connectivity index (χ3v) is 3.09. The summed E-state index contributed by atoms with van der Waals surface area (Å²) in [4.78, 5) is 13.7. The molecule has 0 aromatic rings. The minimum absolute atomic E-state index is 0.260. The summed E-state index contributed by atoms with van der Waals surface area (Å²) < 4.78 is 0. The van der Waals surface area contributed by atoms with E-state index in [1.54, 1.807) is 0 Å². The summed E-state index contributed by atoms with van der Waals surface area (Å²) in [6, 6.07) is 0.887. The van der Waals surface area contributed by atoms with Crippen molar-refractivity contribution in [2.24, 2.45) is 0 Å². The molecule has 0 bridgehead atoms. The quantitative estimate of drug-likeness (QED) is 0.740. The summed E-state index contributed by atoms with van der Waals surface area (Å²) in [6.07, 6.45) is 3.40. The largest absolute Gasteiger partial charge is 0.339 e. The number of hydrogen-bond acceptors (Lipinski definition) is 2. The van der Waals surface area contributed by atoms with Crippen LogP contribution in [0.5, 0.6) is 0 Å². The summed E-state index contributed by atoms with van der Waals surface area (Å²) in [6.45, 7) is 7.82. The number of nitrogens with one attached hydrogen (secondary N) is 1. The number of likely N-dealkylation sites (tertiary alicyclic amines) is 1. The van der Waals surface area contributed by atoms with E-state index in [-0.39, 0.29) is 5.91 Å². The van der Waals surface area contributed by atoms with E-state index in [1.807, 2.05) is 4.90 Å². The lowest BCUT2D eigenvalue weighted by atomic mass is 10.2. The summed E-state index contributed by atoms with van der Waals surface area (Å²) >= 11 is 0. The zero-order valence-electron chi connectivity index (χ0n) is 9.55. The zero-order valence-corrected chi connectivity index (χ0v) is 9.55. The molecule has 3 heteroatoms. The molecule has 1 N–H and O–H groups in total. The van der Waals surface area contributed by atoms with E-state index in [9.17, 15) is 4.79 Å². The van der Waals surface area contributed by atoms with Gasteiger partial charge in [-0.2, -0.15) is 0 Å². The van der Waals surface area contributed by atoms with Crippen molar-refractivity contribution < 1.29 is 4.79 Å². The second-order valence-corrected chi connectivity index (χ2v) is 4.27. The normalized spacial score (nSPS) is 23.9. The number of rotatable bonds is 4. The van der Waals surface area contributed by atoms with Gasteiger partial charge >= 0.3 is 0 Å². The molecule has 0 aromatic heterocycles. The first-order chi connectivity index (χ1) is 6.65. The number of carbonyl (C=O) groups is 1. The van der Waals surface area contributed by atoms with Crippen molar-refractivity contribution in [2.45, 2.75) is 52.1 Å². The van der Waals surface area contributed by atoms with E-state index in [0.717, 1.165) is 25.8 Å². The minimum Gasteiger partial charge on any atom is -0.339 e. The fraction of sp³-hybridized carbons (Fsp3) is 0.909. The molecule has 3 nitrogen and oxygen atoms in total. The van der Waals surface area contributed by atoms with E-state index in [0.29, 0.717) is 18.6 Å². The van der Waals surface area contributed by atoms with Crippen molar-refractivity contribution in [1.29, 1.82) is 0 Å². The van der Waals surface area contributed by atoms with Crippen LogP contribution in [0.15, 0.2) is 0 Å². The van der Waals surface area contributed by atoms with Gasteiger partial charge in [-0.3, -0.25) is 4.79 Å². The van der Waals surface area contributed by atoms with Crippen LogP contribution in [0.1, 0.15) is 40.0 Å². The first-order valence-corrected chi connectivity index (χ1v) is 5.68. The van der Waals surface area contributed by atoms with Crippen LogP contribution in [0.4, 0.5) is 0 Å². The summed E-state index contributed by atoms with van der Waals surface area (Å²) in [5.41, 5.74) is 0. The lowest BCUT2D eigenvalue weighted by molar-refractivity contribution is -0.130. The second kappa shape index (κ2) is 5.35. The molecule has 0 saturated carbocycles. The van der Waals surface area contributed by atoms with Gasteiger partial charge in [-0.1, -0.05) is 6.92 Å². The maximum absolute atomic E-state index is 11.7. The molecule has 1 saturated heterocycles. The number of nitrogens with zero attached hydrogens (tertiary/aromatic N) is 1. The molecule has 82 valence electrons. The van der Waals surface area contributed by atoms with Gasteiger partial charge in [-0.05, 0) is 33.1 Å². The Balaban J connectivity index is 2.27. The average Bonchev–Trinajstić information content (AvgIpc) is 2.60. The van der Waals surface area contributed by atoms with E-state index in [1.165, 1.54) is 0 Å². The average molecular weight is 198 g/mol. The monoisotopic (exact) mass is 198 g/mol. The van der Waals surface area contributed by atoms with E-state index in [2.05, 4.69) is 26.1 Å². The lowest BCUT2D eigenvalue weighted by Crippen LogP contribution is -2.42. The van der Waals surface area contributed by atoms with Gasteiger partial charge in [0, 0.05) is 18.6 Å². The molecule has 14 heavy (non-hydrogen) atoms. The molecule has 2 atom stereocenters. The maximum Gasteiger partial charge on any atom is 0.236 e. The topological polar surface area (TPSA) is 32.3 Å². The Labute approximate surface area is 86.9 Å². The van der Waals surface area contributed by atoms with Gasteiger partial charge in [0.25, 0.3) is 0 Å². The molecule has 2 unspecified atom stereocenters. The summed E-state index contributed by atoms with van der Waals surface area (Å²) in [7, 11) is 0. The van der Waals surface area contributed by atoms with Crippen molar-refractivity contribution >= 4 is 5.91 Å². The number of hydrogen-bond donors (Lipinski definition) is 1. The molecule has 0 spiro atoms. The smallest absolute Gasteiger partial charge is 0.236 e. The Kier molecular flexibility index (Phi) is 4.39. The Morgan fingerprint density at radius 1 is 1.64 bits per heavy atom. The zero-order chi connectivity index (χ0) is 10.6. The highest BCUT2D eigenvalue weighted by molar-refractivity contribution is 5.78. The van der Waals surface area contributed by atoms with Gasteiger partial charge in [-0.25, -0.2) is 0 Å². The van der Waals surface area contributed by atoms with Crippen LogP contribution >= 0.6 is 0 Å². The van der Waals surface area contributed by atoms with Crippen molar-refractivity contribution in [1.82, 2.24) is 10.2 Å². The predicted molar refractivity (Wildman–Crippen MR) is 58.2 cm³/mol. The molecule has 1 heterocycles. The predicted octanol–water partition coefficient (Wildman–Crippen LogP) is 1.39. The van der Waals surface area contributed by atoms with Crippen LogP contribution in [0.25, 0.3) is 0 Å². The first-order valence-electron chi connectivity index (χ1n) is 5.68. The van der Waals surface area contributed by atoms with Crippen molar-refractivity contribution in [3.8, 4) is 0 Å². The number of amides is 1. The van der Waals surface area contributed by atoms with E-state index in [4.69, 9.17) is 0 Å². The highest BCUT2D eigenvalue weighted by atomic mass is 16.2. The van der Waals surface area contributed by atoms with Crippen molar-refractivity contribution in [3.05, 3.63) is 0 Å². The third-order valence-electron chi connectivity index (χ3n) is 3.09. The molecule has 1 fully saturated rings. The molecular weight excluding hydrogens is 176 g/mol. The minimum atomic E-state index is 0.260. The first kappa shape index (κ1) is 11.5. The highest BCUT2D eigenvalue weighted by Crippen LogP contribution is 2.15. The van der Waals surface area contributed by atoms with Gasteiger partial charge in [0.2, 0.25) is 5.91 Å². The standard InChI is InChI=1S/C11H22N2O/c1-4-9(2)12-8-11(14)13-7-5-6-10(13)3/h9-10,12H,4-8H2,1-3H3. The molecule has 0 aliphatic carbocycles. The van der Waals surface area contributed by atoms with Gasteiger partial charge in [0.05, 0.1) is 6.54 Å². The lowest BCUT2D eigenvalue weighted by Gasteiger charge is -2.22. The SMILES string of the molecule is CCC(C)NCC(=O)N1CCCC1C. The molecular formula is C11H22N2O. The molecule has 0 aromatic carbocycles.